The van der Waals surface area contributed by atoms with Crippen LogP contribution in [0.1, 0.15) is 0 Å². The third-order valence-corrected chi connectivity index (χ3v) is 16.0. The molecule has 9 heteroatoms. The monoisotopic (exact) mass is 996 g/mol. The van der Waals surface area contributed by atoms with Crippen LogP contribution in [-0.4, -0.2) is 35.4 Å². The Kier molecular flexibility index (Phi) is 9.05. The van der Waals surface area contributed by atoms with Gasteiger partial charge in [0, 0.05) is 78.0 Å². The van der Waals surface area contributed by atoms with Gasteiger partial charge in [-0.1, -0.05) is 170 Å². The number of benzene rings is 11. The smallest absolute Gasteiger partial charge is 0.260 e. The van der Waals surface area contributed by atoms with Crippen LogP contribution >= 0.6 is 0 Å². The molecule has 2 aliphatic rings. The topological polar surface area (TPSA) is 71.9 Å². The predicted octanol–water partition coefficient (Wildman–Crippen LogP) is 14.9. The minimum atomic E-state index is -0.0132. The van der Waals surface area contributed by atoms with E-state index in [9.17, 15) is 0 Å². The molecule has 0 bridgehead atoms. The molecule has 0 aliphatic carbocycles. The molecular formula is C69H41BN6O2. The lowest BCUT2D eigenvalue weighted by Crippen LogP contribution is -2.57. The fraction of sp³-hybridized carbons (Fsp3) is 0. The second-order valence-corrected chi connectivity index (χ2v) is 20.3. The Bertz CT molecular complexity index is 4890. The lowest BCUT2D eigenvalue weighted by Gasteiger charge is -2.33. The van der Waals surface area contributed by atoms with Crippen LogP contribution in [0.4, 0.5) is 0 Å². The Labute approximate surface area is 447 Å². The van der Waals surface area contributed by atoms with Gasteiger partial charge in [0.25, 0.3) is 6.71 Å². The Morgan fingerprint density at radius 2 is 0.731 bits per heavy atom. The van der Waals surface area contributed by atoms with Crippen molar-refractivity contribution in [3.05, 3.63) is 249 Å². The SMILES string of the molecule is c1ccc(-c2nc(-c3cccc(-n4c5ccccc5c5ccccc54)c3)nc(-c3cccc(-n4c5ccccc5c5ccc6c(c7ccccc7n6-c6cc7c8c(c6)Oc6ccccc6B8c6ccccc6O7)c54)c3)n2)cc1. The molecule has 11 aromatic carbocycles. The van der Waals surface area contributed by atoms with Crippen LogP contribution in [0.15, 0.2) is 249 Å². The molecule has 0 amide bonds. The van der Waals surface area contributed by atoms with Crippen LogP contribution in [0.5, 0.6) is 23.0 Å². The van der Waals surface area contributed by atoms with Crippen molar-refractivity contribution >= 4 is 88.5 Å². The molecule has 0 unspecified atom stereocenters. The number of hydrogen-bond acceptors (Lipinski definition) is 5. The van der Waals surface area contributed by atoms with Crippen molar-refractivity contribution in [1.29, 1.82) is 0 Å². The third kappa shape index (κ3) is 6.27. The van der Waals surface area contributed by atoms with Gasteiger partial charge in [0.15, 0.2) is 17.5 Å². The summed E-state index contributed by atoms with van der Waals surface area (Å²) in [6.45, 7) is -0.0132. The summed E-state index contributed by atoms with van der Waals surface area (Å²) in [4.78, 5) is 15.8. The zero-order valence-electron chi connectivity index (χ0n) is 41.7. The van der Waals surface area contributed by atoms with E-state index < -0.39 is 0 Å². The fourth-order valence-corrected chi connectivity index (χ4v) is 12.7. The van der Waals surface area contributed by atoms with Gasteiger partial charge in [-0.2, -0.15) is 0 Å². The number of fused-ring (bicyclic) bond motifs is 14. The summed E-state index contributed by atoms with van der Waals surface area (Å²) < 4.78 is 20.8. The Balaban J connectivity index is 0.853. The Morgan fingerprint density at radius 1 is 0.295 bits per heavy atom. The van der Waals surface area contributed by atoms with Gasteiger partial charge in [0.2, 0.25) is 0 Å². The molecule has 362 valence electrons. The fourth-order valence-electron chi connectivity index (χ4n) is 12.7. The number of aromatic nitrogens is 6. The first kappa shape index (κ1) is 42.8. The first-order valence-electron chi connectivity index (χ1n) is 26.4. The van der Waals surface area contributed by atoms with E-state index in [4.69, 9.17) is 24.4 Å². The Hall–Kier alpha value is -10.5. The molecule has 6 heterocycles. The van der Waals surface area contributed by atoms with Crippen molar-refractivity contribution in [3.8, 4) is 74.2 Å². The number of hydrogen-bond donors (Lipinski definition) is 0. The van der Waals surface area contributed by atoms with Crippen molar-refractivity contribution in [2.75, 3.05) is 0 Å². The summed E-state index contributed by atoms with van der Waals surface area (Å²) in [5, 5.41) is 7.02. The zero-order chi connectivity index (χ0) is 51.0. The normalized spacial score (nSPS) is 12.5. The second kappa shape index (κ2) is 16.5. The number of rotatable bonds is 6. The highest BCUT2D eigenvalue weighted by Crippen LogP contribution is 2.45. The predicted molar refractivity (Wildman–Crippen MR) is 317 cm³/mol. The summed E-state index contributed by atoms with van der Waals surface area (Å²) in [6, 6.07) is 87.7. The van der Waals surface area contributed by atoms with Crippen molar-refractivity contribution in [1.82, 2.24) is 28.7 Å². The van der Waals surface area contributed by atoms with E-state index in [0.29, 0.717) is 17.5 Å². The maximum atomic E-state index is 6.84. The van der Waals surface area contributed by atoms with Gasteiger partial charge in [-0.05, 0) is 77.7 Å². The molecule has 0 atom stereocenters. The molecule has 2 aliphatic heterocycles. The molecule has 4 aromatic heterocycles. The highest BCUT2D eigenvalue weighted by molar-refractivity contribution is 6.98. The van der Waals surface area contributed by atoms with Gasteiger partial charge < -0.3 is 23.2 Å². The van der Waals surface area contributed by atoms with Crippen LogP contribution < -0.4 is 25.9 Å². The summed E-state index contributed by atoms with van der Waals surface area (Å²) in [7, 11) is 0. The van der Waals surface area contributed by atoms with Gasteiger partial charge in [-0.3, -0.25) is 0 Å². The maximum absolute atomic E-state index is 6.84. The first-order valence-corrected chi connectivity index (χ1v) is 26.4. The van der Waals surface area contributed by atoms with Crippen LogP contribution in [0.3, 0.4) is 0 Å². The van der Waals surface area contributed by atoms with Gasteiger partial charge in [0.05, 0.1) is 38.8 Å². The molecular weight excluding hydrogens is 956 g/mol. The van der Waals surface area contributed by atoms with E-state index in [2.05, 4.69) is 232 Å². The van der Waals surface area contributed by atoms with E-state index >= 15 is 0 Å². The van der Waals surface area contributed by atoms with Gasteiger partial charge in [-0.25, -0.2) is 15.0 Å². The van der Waals surface area contributed by atoms with Crippen LogP contribution in [-0.2, 0) is 0 Å². The summed E-state index contributed by atoms with van der Waals surface area (Å²) in [5.41, 5.74) is 15.6. The number of ether oxygens (including phenoxy) is 2. The van der Waals surface area contributed by atoms with E-state index in [1.807, 2.05) is 30.3 Å². The molecule has 0 radical (unpaired) electrons. The molecule has 0 saturated heterocycles. The minimum absolute atomic E-state index is 0.0132. The second-order valence-electron chi connectivity index (χ2n) is 20.3. The molecule has 0 saturated carbocycles. The zero-order valence-corrected chi connectivity index (χ0v) is 41.7. The lowest BCUT2D eigenvalue weighted by molar-refractivity contribution is 0.464. The van der Waals surface area contributed by atoms with E-state index in [1.165, 1.54) is 10.8 Å². The average molecular weight is 997 g/mol. The first-order chi connectivity index (χ1) is 38.7. The van der Waals surface area contributed by atoms with Gasteiger partial charge in [-0.15, -0.1) is 0 Å². The highest BCUT2D eigenvalue weighted by Gasteiger charge is 2.40. The maximum Gasteiger partial charge on any atom is 0.260 e. The van der Waals surface area contributed by atoms with Gasteiger partial charge >= 0.3 is 0 Å². The summed E-state index contributed by atoms with van der Waals surface area (Å²) >= 11 is 0. The van der Waals surface area contributed by atoms with E-state index in [1.54, 1.807) is 0 Å². The number of para-hydroxylation sites is 6. The van der Waals surface area contributed by atoms with Crippen molar-refractivity contribution in [2.45, 2.75) is 0 Å². The molecule has 17 rings (SSSR count). The highest BCUT2D eigenvalue weighted by atomic mass is 16.5. The summed E-state index contributed by atoms with van der Waals surface area (Å²) in [5.74, 6) is 5.09. The lowest BCUT2D eigenvalue weighted by atomic mass is 9.35. The molecule has 78 heavy (non-hydrogen) atoms. The van der Waals surface area contributed by atoms with Crippen molar-refractivity contribution < 1.29 is 9.47 Å². The quantitative estimate of drug-likeness (QED) is 0.155. The number of nitrogens with zero attached hydrogens (tertiary/aromatic N) is 6. The van der Waals surface area contributed by atoms with E-state index in [0.717, 1.165) is 128 Å². The standard InChI is InChI=1S/C69H41BN6O2/c1-2-18-42(19-3-1)67-71-68(43-20-16-22-45(38-43)74-55-30-10-4-24-48(55)49-25-5-11-31-56(49)74)73-69(72-67)44-21-17-23-46(39-44)76-57-32-12-6-26-50(57)51-36-37-59-64(66(51)76)52-27-7-13-33-58(52)75(59)47-40-62-65-63(41-47)78-61-35-15-9-29-54(61)70(65)53-28-8-14-34-60(53)77-62/h1-41H. The minimum Gasteiger partial charge on any atom is -0.458 e. The van der Waals surface area contributed by atoms with Crippen LogP contribution in [0, 0.1) is 0 Å². The van der Waals surface area contributed by atoms with Crippen LogP contribution in [0.2, 0.25) is 0 Å². The largest absolute Gasteiger partial charge is 0.458 e. The molecule has 15 aromatic rings. The molecule has 8 nitrogen and oxygen atoms in total. The molecule has 0 N–H and O–H groups in total. The molecule has 0 spiro atoms. The molecule has 0 fully saturated rings. The van der Waals surface area contributed by atoms with E-state index in [-0.39, 0.29) is 6.71 Å². The van der Waals surface area contributed by atoms with Crippen molar-refractivity contribution in [2.24, 2.45) is 0 Å². The van der Waals surface area contributed by atoms with Gasteiger partial charge in [0.1, 0.15) is 23.0 Å². The van der Waals surface area contributed by atoms with Crippen molar-refractivity contribution in [3.63, 3.8) is 0 Å². The average Bonchev–Trinajstić information content (AvgIpc) is 4.35. The Morgan fingerprint density at radius 3 is 1.32 bits per heavy atom. The van der Waals surface area contributed by atoms with Crippen LogP contribution in [0.25, 0.3) is 117 Å². The third-order valence-electron chi connectivity index (χ3n) is 16.0. The summed E-state index contributed by atoms with van der Waals surface area (Å²) in [6.07, 6.45) is 0.